The van der Waals surface area contributed by atoms with Crippen molar-refractivity contribution in [1.82, 2.24) is 0 Å². The van der Waals surface area contributed by atoms with Crippen LogP contribution in [-0.2, 0) is 4.79 Å². The number of benzene rings is 2. The van der Waals surface area contributed by atoms with Crippen molar-refractivity contribution >= 4 is 43.4 Å². The second kappa shape index (κ2) is 6.37. The molecule has 0 saturated carbocycles. The fraction of sp³-hybridized carbons (Fsp3) is 0.0625. The lowest BCUT2D eigenvalue weighted by Gasteiger charge is -2.07. The average molecular weight is 396 g/mol. The Bertz CT molecular complexity index is 673. The molecule has 102 valence electrons. The number of allylic oxidation sites excluding steroid dienone is 1. The fourth-order valence-corrected chi connectivity index (χ4v) is 3.18. The highest BCUT2D eigenvalue weighted by molar-refractivity contribution is 9.11. The van der Waals surface area contributed by atoms with Crippen molar-refractivity contribution in [3.63, 3.8) is 0 Å². The van der Waals surface area contributed by atoms with E-state index in [0.717, 1.165) is 31.2 Å². The largest absolute Gasteiger partial charge is 0.478 e. The molecule has 0 radical (unpaired) electrons. The number of hydrogen-bond acceptors (Lipinski definition) is 1. The summed E-state index contributed by atoms with van der Waals surface area (Å²) in [4.78, 5) is 10.7. The third-order valence-corrected chi connectivity index (χ3v) is 4.07. The Morgan fingerprint density at radius 1 is 1.10 bits per heavy atom. The Hall–Kier alpha value is -1.39. The van der Waals surface area contributed by atoms with Gasteiger partial charge in [-0.3, -0.25) is 0 Å². The van der Waals surface area contributed by atoms with Crippen molar-refractivity contribution in [1.29, 1.82) is 0 Å². The summed E-state index contributed by atoms with van der Waals surface area (Å²) in [6.45, 7) is 1.79. The van der Waals surface area contributed by atoms with Crippen LogP contribution >= 0.6 is 31.9 Å². The SMILES string of the molecule is CC(=CC(=O)O)c1ccc(-c2ccc(Br)cc2Br)cc1. The third-order valence-electron chi connectivity index (χ3n) is 2.92. The van der Waals surface area contributed by atoms with Gasteiger partial charge in [0, 0.05) is 15.0 Å². The molecule has 2 aromatic carbocycles. The van der Waals surface area contributed by atoms with Crippen LogP contribution in [0.15, 0.2) is 57.5 Å². The Morgan fingerprint density at radius 3 is 2.30 bits per heavy atom. The van der Waals surface area contributed by atoms with Gasteiger partial charge in [0.15, 0.2) is 0 Å². The van der Waals surface area contributed by atoms with Gasteiger partial charge in [-0.15, -0.1) is 0 Å². The molecule has 0 aliphatic rings. The first-order valence-corrected chi connectivity index (χ1v) is 7.53. The maximum Gasteiger partial charge on any atom is 0.328 e. The van der Waals surface area contributed by atoms with Gasteiger partial charge >= 0.3 is 5.97 Å². The van der Waals surface area contributed by atoms with Crippen molar-refractivity contribution in [2.24, 2.45) is 0 Å². The summed E-state index contributed by atoms with van der Waals surface area (Å²) < 4.78 is 2.03. The van der Waals surface area contributed by atoms with Gasteiger partial charge in [-0.05, 0) is 41.3 Å². The van der Waals surface area contributed by atoms with Gasteiger partial charge in [-0.1, -0.05) is 62.2 Å². The number of carboxylic acids is 1. The zero-order valence-electron chi connectivity index (χ0n) is 10.7. The van der Waals surface area contributed by atoms with Gasteiger partial charge in [-0.2, -0.15) is 0 Å². The zero-order chi connectivity index (χ0) is 14.7. The lowest BCUT2D eigenvalue weighted by Crippen LogP contribution is -1.90. The number of halogens is 2. The molecule has 1 N–H and O–H groups in total. The molecule has 0 heterocycles. The van der Waals surface area contributed by atoms with Gasteiger partial charge in [0.05, 0.1) is 0 Å². The van der Waals surface area contributed by atoms with E-state index in [-0.39, 0.29) is 0 Å². The molecule has 4 heteroatoms. The van der Waals surface area contributed by atoms with E-state index in [1.54, 1.807) is 6.92 Å². The molecule has 20 heavy (non-hydrogen) atoms. The Kier molecular flexibility index (Phi) is 4.78. The van der Waals surface area contributed by atoms with Gasteiger partial charge in [0.2, 0.25) is 0 Å². The lowest BCUT2D eigenvalue weighted by atomic mass is 10.0. The Morgan fingerprint density at radius 2 is 1.75 bits per heavy atom. The molecule has 0 aromatic heterocycles. The van der Waals surface area contributed by atoms with Crippen molar-refractivity contribution in [3.05, 3.63) is 63.0 Å². The molecule has 2 aromatic rings. The van der Waals surface area contributed by atoms with Crippen LogP contribution in [0.2, 0.25) is 0 Å². The van der Waals surface area contributed by atoms with Crippen LogP contribution in [0.3, 0.4) is 0 Å². The quantitative estimate of drug-likeness (QED) is 0.709. The van der Waals surface area contributed by atoms with Crippen LogP contribution in [0, 0.1) is 0 Å². The third kappa shape index (κ3) is 3.58. The smallest absolute Gasteiger partial charge is 0.328 e. The maximum atomic E-state index is 10.7. The van der Waals surface area contributed by atoms with E-state index in [2.05, 4.69) is 31.9 Å². The van der Waals surface area contributed by atoms with E-state index < -0.39 is 5.97 Å². The van der Waals surface area contributed by atoms with E-state index in [9.17, 15) is 4.79 Å². The van der Waals surface area contributed by atoms with Crippen molar-refractivity contribution in [2.45, 2.75) is 6.92 Å². The van der Waals surface area contributed by atoms with Crippen molar-refractivity contribution in [2.75, 3.05) is 0 Å². The molecule has 0 spiro atoms. The van der Waals surface area contributed by atoms with Crippen molar-refractivity contribution < 1.29 is 9.90 Å². The molecule has 0 amide bonds. The van der Waals surface area contributed by atoms with E-state index in [0.29, 0.717) is 0 Å². The maximum absolute atomic E-state index is 10.7. The topological polar surface area (TPSA) is 37.3 Å². The normalized spacial score (nSPS) is 11.4. The van der Waals surface area contributed by atoms with Gasteiger partial charge in [-0.25, -0.2) is 4.79 Å². The minimum Gasteiger partial charge on any atom is -0.478 e. The number of carbonyl (C=O) groups is 1. The number of hydrogen-bond donors (Lipinski definition) is 1. The average Bonchev–Trinajstić information content (AvgIpc) is 2.38. The molecule has 0 unspecified atom stereocenters. The van der Waals surface area contributed by atoms with Crippen LogP contribution in [0.5, 0.6) is 0 Å². The molecule has 2 nitrogen and oxygen atoms in total. The minimum absolute atomic E-state index is 0.735. The second-order valence-electron chi connectivity index (χ2n) is 4.37. The van der Waals surface area contributed by atoms with Gasteiger partial charge < -0.3 is 5.11 Å². The van der Waals surface area contributed by atoms with Crippen LogP contribution in [0.25, 0.3) is 16.7 Å². The van der Waals surface area contributed by atoms with Gasteiger partial charge in [0.1, 0.15) is 0 Å². The molecule has 0 bridgehead atoms. The Labute approximate surface area is 134 Å². The summed E-state index contributed by atoms with van der Waals surface area (Å²) >= 11 is 6.97. The summed E-state index contributed by atoms with van der Waals surface area (Å²) in [6.07, 6.45) is 1.21. The standard InChI is InChI=1S/C16H12Br2O2/c1-10(8-16(19)20)11-2-4-12(5-3-11)14-7-6-13(17)9-15(14)18/h2-9H,1H3,(H,19,20). The van der Waals surface area contributed by atoms with Crippen LogP contribution in [0.4, 0.5) is 0 Å². The Balaban J connectivity index is 2.35. The first-order valence-electron chi connectivity index (χ1n) is 5.94. The summed E-state index contributed by atoms with van der Waals surface area (Å²) in [5.74, 6) is -0.928. The first kappa shape index (κ1) is 15.0. The molecule has 0 saturated heterocycles. The summed E-state index contributed by atoms with van der Waals surface area (Å²) in [5.41, 5.74) is 3.82. The molecule has 0 fully saturated rings. The van der Waals surface area contributed by atoms with Crippen LogP contribution in [-0.4, -0.2) is 11.1 Å². The minimum atomic E-state index is -0.928. The number of aliphatic carboxylic acids is 1. The second-order valence-corrected chi connectivity index (χ2v) is 6.14. The molecular weight excluding hydrogens is 384 g/mol. The first-order chi connectivity index (χ1) is 9.47. The van der Waals surface area contributed by atoms with E-state index in [1.165, 1.54) is 6.08 Å². The highest BCUT2D eigenvalue weighted by Crippen LogP contribution is 2.31. The summed E-state index contributed by atoms with van der Waals surface area (Å²) in [7, 11) is 0. The summed E-state index contributed by atoms with van der Waals surface area (Å²) in [5, 5.41) is 8.75. The molecule has 2 rings (SSSR count). The van der Waals surface area contributed by atoms with Crippen LogP contribution < -0.4 is 0 Å². The van der Waals surface area contributed by atoms with E-state index in [4.69, 9.17) is 5.11 Å². The monoisotopic (exact) mass is 394 g/mol. The van der Waals surface area contributed by atoms with Crippen molar-refractivity contribution in [3.8, 4) is 11.1 Å². The number of carboxylic acid groups (broad SMARTS) is 1. The van der Waals surface area contributed by atoms with Crippen LogP contribution in [0.1, 0.15) is 12.5 Å². The predicted molar refractivity (Wildman–Crippen MR) is 88.6 cm³/mol. The van der Waals surface area contributed by atoms with E-state index in [1.807, 2.05) is 42.5 Å². The predicted octanol–water partition coefficient (Wildman–Crippen LogP) is 5.37. The summed E-state index contributed by atoms with van der Waals surface area (Å²) in [6, 6.07) is 13.9. The fourth-order valence-electron chi connectivity index (χ4n) is 1.90. The molecule has 0 atom stereocenters. The molecule has 0 aliphatic carbocycles. The van der Waals surface area contributed by atoms with E-state index >= 15 is 0 Å². The highest BCUT2D eigenvalue weighted by atomic mass is 79.9. The lowest BCUT2D eigenvalue weighted by molar-refractivity contribution is -0.131. The number of rotatable bonds is 3. The zero-order valence-corrected chi connectivity index (χ0v) is 13.9. The highest BCUT2D eigenvalue weighted by Gasteiger charge is 2.05. The van der Waals surface area contributed by atoms with Gasteiger partial charge in [0.25, 0.3) is 0 Å². The molecular formula is C16H12Br2O2. The molecule has 0 aliphatic heterocycles.